The Bertz CT molecular complexity index is 270. The molecule has 0 aliphatic carbocycles. The summed E-state index contributed by atoms with van der Waals surface area (Å²) in [5.41, 5.74) is 4.45. The standard InChI is InChI=1S/C5H8N6O/c6-10-4(12)3-1-8-5(11-7)9-2-3/h1-2H,6-7H2,(H,10,12)(H,8,9,11). The third-order valence-corrected chi connectivity index (χ3v) is 1.17. The zero-order valence-corrected chi connectivity index (χ0v) is 6.11. The van der Waals surface area contributed by atoms with E-state index in [-0.39, 0.29) is 11.5 Å². The molecule has 64 valence electrons. The number of nitrogen functional groups attached to an aromatic ring is 2. The number of amides is 1. The van der Waals surface area contributed by atoms with Gasteiger partial charge in [0, 0.05) is 12.4 Å². The van der Waals surface area contributed by atoms with Gasteiger partial charge in [0.1, 0.15) is 0 Å². The van der Waals surface area contributed by atoms with Crippen molar-refractivity contribution < 1.29 is 4.79 Å². The average Bonchev–Trinajstić information content (AvgIpc) is 2.17. The first-order valence-corrected chi connectivity index (χ1v) is 3.07. The summed E-state index contributed by atoms with van der Waals surface area (Å²) in [6.07, 6.45) is 2.62. The summed E-state index contributed by atoms with van der Waals surface area (Å²) < 4.78 is 0. The fourth-order valence-corrected chi connectivity index (χ4v) is 0.603. The number of rotatable bonds is 2. The fraction of sp³-hybridized carbons (Fsp3) is 0. The largest absolute Gasteiger partial charge is 0.292 e. The van der Waals surface area contributed by atoms with Gasteiger partial charge in [-0.15, -0.1) is 0 Å². The highest BCUT2D eigenvalue weighted by atomic mass is 16.2. The van der Waals surface area contributed by atoms with Crippen LogP contribution in [-0.4, -0.2) is 15.9 Å². The Morgan fingerprint density at radius 3 is 2.33 bits per heavy atom. The van der Waals surface area contributed by atoms with Gasteiger partial charge in [0.25, 0.3) is 5.91 Å². The third-order valence-electron chi connectivity index (χ3n) is 1.17. The quantitative estimate of drug-likeness (QED) is 0.239. The molecule has 0 bridgehead atoms. The average molecular weight is 168 g/mol. The van der Waals surface area contributed by atoms with Gasteiger partial charge >= 0.3 is 0 Å². The van der Waals surface area contributed by atoms with Gasteiger partial charge in [-0.3, -0.25) is 15.6 Å². The van der Waals surface area contributed by atoms with E-state index in [1.165, 1.54) is 12.4 Å². The van der Waals surface area contributed by atoms with Crippen molar-refractivity contribution >= 4 is 11.9 Å². The summed E-state index contributed by atoms with van der Waals surface area (Å²) in [5.74, 6) is 9.68. The van der Waals surface area contributed by atoms with Gasteiger partial charge < -0.3 is 0 Å². The molecule has 6 N–H and O–H groups in total. The van der Waals surface area contributed by atoms with Crippen LogP contribution in [0.1, 0.15) is 10.4 Å². The monoisotopic (exact) mass is 168 g/mol. The SMILES string of the molecule is NNC(=O)c1cnc(NN)nc1. The Morgan fingerprint density at radius 1 is 1.33 bits per heavy atom. The lowest BCUT2D eigenvalue weighted by Crippen LogP contribution is -2.30. The van der Waals surface area contributed by atoms with Gasteiger partial charge in [-0.05, 0) is 0 Å². The first-order chi connectivity index (χ1) is 5.77. The Hall–Kier alpha value is -1.73. The summed E-state index contributed by atoms with van der Waals surface area (Å²) in [4.78, 5) is 18.3. The van der Waals surface area contributed by atoms with Crippen LogP contribution in [0.5, 0.6) is 0 Å². The van der Waals surface area contributed by atoms with Crippen molar-refractivity contribution in [1.29, 1.82) is 0 Å². The molecule has 0 fully saturated rings. The summed E-state index contributed by atoms with van der Waals surface area (Å²) in [5, 5.41) is 0. The predicted octanol–water partition coefficient (Wildman–Crippen LogP) is -1.63. The Morgan fingerprint density at radius 2 is 1.92 bits per heavy atom. The highest BCUT2D eigenvalue weighted by Crippen LogP contribution is 1.97. The van der Waals surface area contributed by atoms with Crippen molar-refractivity contribution in [3.63, 3.8) is 0 Å². The maximum atomic E-state index is 10.8. The zero-order chi connectivity index (χ0) is 8.97. The number of nitrogens with one attached hydrogen (secondary N) is 2. The molecule has 1 aromatic heterocycles. The fourth-order valence-electron chi connectivity index (χ4n) is 0.603. The number of nitrogens with zero attached hydrogens (tertiary/aromatic N) is 2. The molecule has 0 aliphatic rings. The van der Waals surface area contributed by atoms with Crippen LogP contribution in [-0.2, 0) is 0 Å². The van der Waals surface area contributed by atoms with Gasteiger partial charge in [0.05, 0.1) is 5.56 Å². The molecular weight excluding hydrogens is 160 g/mol. The number of carbonyl (C=O) groups is 1. The molecule has 0 aromatic carbocycles. The molecular formula is C5H8N6O. The predicted molar refractivity (Wildman–Crippen MR) is 41.5 cm³/mol. The molecule has 0 unspecified atom stereocenters. The first-order valence-electron chi connectivity index (χ1n) is 3.07. The van der Waals surface area contributed by atoms with E-state index in [2.05, 4.69) is 15.4 Å². The molecule has 7 nitrogen and oxygen atoms in total. The molecule has 0 atom stereocenters. The maximum Gasteiger partial charge on any atom is 0.268 e. The normalized spacial score (nSPS) is 9.17. The van der Waals surface area contributed by atoms with Crippen LogP contribution in [0.2, 0.25) is 0 Å². The molecule has 1 rings (SSSR count). The van der Waals surface area contributed by atoms with Crippen LogP contribution in [0.15, 0.2) is 12.4 Å². The Kier molecular flexibility index (Phi) is 2.51. The number of hydrogen-bond acceptors (Lipinski definition) is 6. The van der Waals surface area contributed by atoms with E-state index in [1.807, 2.05) is 5.43 Å². The van der Waals surface area contributed by atoms with Crippen molar-refractivity contribution in [2.45, 2.75) is 0 Å². The number of anilines is 1. The molecule has 12 heavy (non-hydrogen) atoms. The number of nitrogens with two attached hydrogens (primary N) is 2. The van der Waals surface area contributed by atoms with Crippen LogP contribution in [0, 0.1) is 0 Å². The van der Waals surface area contributed by atoms with E-state index in [1.54, 1.807) is 0 Å². The van der Waals surface area contributed by atoms with Crippen molar-refractivity contribution in [3.05, 3.63) is 18.0 Å². The molecule has 0 radical (unpaired) electrons. The van der Waals surface area contributed by atoms with Crippen molar-refractivity contribution in [3.8, 4) is 0 Å². The summed E-state index contributed by atoms with van der Waals surface area (Å²) in [7, 11) is 0. The van der Waals surface area contributed by atoms with E-state index in [0.717, 1.165) is 0 Å². The third kappa shape index (κ3) is 1.65. The molecule has 0 spiro atoms. The summed E-state index contributed by atoms with van der Waals surface area (Å²) in [6.45, 7) is 0. The topological polar surface area (TPSA) is 119 Å². The molecule has 1 aromatic rings. The minimum Gasteiger partial charge on any atom is -0.292 e. The minimum atomic E-state index is -0.446. The second-order valence-electron chi connectivity index (χ2n) is 1.91. The van der Waals surface area contributed by atoms with Crippen LogP contribution in [0.3, 0.4) is 0 Å². The summed E-state index contributed by atoms with van der Waals surface area (Å²) in [6, 6.07) is 0. The smallest absolute Gasteiger partial charge is 0.268 e. The minimum absolute atomic E-state index is 0.239. The molecule has 7 heteroatoms. The second-order valence-corrected chi connectivity index (χ2v) is 1.91. The van der Waals surface area contributed by atoms with Crippen molar-refractivity contribution in [2.75, 3.05) is 5.43 Å². The first kappa shape index (κ1) is 8.37. The van der Waals surface area contributed by atoms with E-state index in [9.17, 15) is 4.79 Å². The van der Waals surface area contributed by atoms with E-state index in [4.69, 9.17) is 11.7 Å². The van der Waals surface area contributed by atoms with Gasteiger partial charge in [-0.2, -0.15) is 0 Å². The number of hydrazine groups is 2. The lowest BCUT2D eigenvalue weighted by Gasteiger charge is -1.99. The Labute approximate surface area is 68.1 Å². The Balaban J connectivity index is 2.84. The summed E-state index contributed by atoms with van der Waals surface area (Å²) >= 11 is 0. The lowest BCUT2D eigenvalue weighted by molar-refractivity contribution is 0.0953. The maximum absolute atomic E-state index is 10.8. The highest BCUT2D eigenvalue weighted by molar-refractivity contribution is 5.93. The molecule has 1 heterocycles. The second kappa shape index (κ2) is 3.60. The molecule has 0 saturated heterocycles. The van der Waals surface area contributed by atoms with Gasteiger partial charge in [-0.25, -0.2) is 21.7 Å². The van der Waals surface area contributed by atoms with Crippen molar-refractivity contribution in [2.24, 2.45) is 11.7 Å². The van der Waals surface area contributed by atoms with Gasteiger partial charge in [-0.1, -0.05) is 0 Å². The van der Waals surface area contributed by atoms with Crippen LogP contribution >= 0.6 is 0 Å². The van der Waals surface area contributed by atoms with Gasteiger partial charge in [0.15, 0.2) is 0 Å². The lowest BCUT2D eigenvalue weighted by atomic mass is 10.3. The van der Waals surface area contributed by atoms with E-state index in [0.29, 0.717) is 0 Å². The highest BCUT2D eigenvalue weighted by Gasteiger charge is 2.03. The number of hydrogen-bond donors (Lipinski definition) is 4. The van der Waals surface area contributed by atoms with Crippen LogP contribution < -0.4 is 22.5 Å². The zero-order valence-electron chi connectivity index (χ0n) is 6.11. The van der Waals surface area contributed by atoms with Crippen molar-refractivity contribution in [1.82, 2.24) is 15.4 Å². The number of carbonyl (C=O) groups excluding carboxylic acids is 1. The molecule has 0 aliphatic heterocycles. The number of aromatic nitrogens is 2. The van der Waals surface area contributed by atoms with Crippen LogP contribution in [0.4, 0.5) is 5.95 Å². The van der Waals surface area contributed by atoms with Gasteiger partial charge in [0.2, 0.25) is 5.95 Å². The van der Waals surface area contributed by atoms with E-state index < -0.39 is 5.91 Å². The van der Waals surface area contributed by atoms with Crippen LogP contribution in [0.25, 0.3) is 0 Å². The molecule has 1 amide bonds. The molecule has 0 saturated carbocycles. The van der Waals surface area contributed by atoms with E-state index >= 15 is 0 Å².